The second-order valence-electron chi connectivity index (χ2n) is 3.59. The topological polar surface area (TPSA) is 76.0 Å². The van der Waals surface area contributed by atoms with Crippen molar-refractivity contribution < 1.29 is 24.3 Å². The largest absolute Gasteiger partial charge is 0.467 e. The number of hydrogen-bond acceptors (Lipinski definition) is 5. The van der Waals surface area contributed by atoms with Crippen LogP contribution < -0.4 is 0 Å². The molecular formula is C12H19BO5. The van der Waals surface area contributed by atoms with Gasteiger partial charge in [-0.3, -0.25) is 0 Å². The zero-order valence-corrected chi connectivity index (χ0v) is 10.9. The Morgan fingerprint density at radius 1 is 1.33 bits per heavy atom. The van der Waals surface area contributed by atoms with E-state index < -0.39 is 13.2 Å². The molecule has 1 rings (SSSR count). The van der Waals surface area contributed by atoms with Crippen LogP contribution >= 0.6 is 0 Å². The van der Waals surface area contributed by atoms with Crippen LogP contribution in [0.15, 0.2) is 30.3 Å². The van der Waals surface area contributed by atoms with Crippen LogP contribution in [0, 0.1) is 0 Å². The normalized spacial score (nSPS) is 10.9. The van der Waals surface area contributed by atoms with Gasteiger partial charge in [0, 0.05) is 0 Å². The Bertz CT molecular complexity index is 326. The lowest BCUT2D eigenvalue weighted by molar-refractivity contribution is -0.153. The molecule has 0 saturated heterocycles. The lowest BCUT2D eigenvalue weighted by Crippen LogP contribution is -2.21. The Balaban J connectivity index is 0.000000631. The average Bonchev–Trinajstić information content (AvgIpc) is 2.35. The van der Waals surface area contributed by atoms with Crippen LogP contribution in [0.4, 0.5) is 0 Å². The van der Waals surface area contributed by atoms with E-state index in [4.69, 9.17) is 14.8 Å². The Morgan fingerprint density at radius 2 is 1.83 bits per heavy atom. The van der Waals surface area contributed by atoms with Crippen LogP contribution in [0.5, 0.6) is 0 Å². The van der Waals surface area contributed by atoms with Crippen molar-refractivity contribution in [2.75, 3.05) is 7.11 Å². The Labute approximate surface area is 107 Å². The fourth-order valence-corrected chi connectivity index (χ4v) is 1.03. The molecule has 0 bridgehead atoms. The minimum absolute atomic E-state index is 0.346. The summed E-state index contributed by atoms with van der Waals surface area (Å²) in [5.41, 5.74) is 1.04. The molecule has 1 aromatic carbocycles. The number of ether oxygens (including phenoxy) is 2. The molecule has 1 aromatic rings. The molecule has 100 valence electrons. The molecule has 0 aliphatic heterocycles. The summed E-state index contributed by atoms with van der Waals surface area (Å²) < 4.78 is 9.84. The SMILES string of the molecule is CB(O)O.COC(=O)C(C)OCc1ccccc1. The van der Waals surface area contributed by atoms with Gasteiger partial charge in [0.05, 0.1) is 13.7 Å². The maximum Gasteiger partial charge on any atom is 0.448 e. The van der Waals surface area contributed by atoms with Crippen LogP contribution in [0.3, 0.4) is 0 Å². The number of esters is 1. The van der Waals surface area contributed by atoms with Crippen molar-refractivity contribution in [3.63, 3.8) is 0 Å². The molecular weight excluding hydrogens is 235 g/mol. The molecule has 0 aliphatic carbocycles. The Kier molecular flexibility index (Phi) is 8.91. The van der Waals surface area contributed by atoms with Gasteiger partial charge in [-0.1, -0.05) is 30.3 Å². The summed E-state index contributed by atoms with van der Waals surface area (Å²) in [5, 5.41) is 15.2. The van der Waals surface area contributed by atoms with Crippen LogP contribution in [0.25, 0.3) is 0 Å². The van der Waals surface area contributed by atoms with E-state index in [1.54, 1.807) is 6.92 Å². The summed E-state index contributed by atoms with van der Waals surface area (Å²) in [6.07, 6.45) is -0.514. The smallest absolute Gasteiger partial charge is 0.448 e. The van der Waals surface area contributed by atoms with Gasteiger partial charge in [-0.2, -0.15) is 0 Å². The van der Waals surface area contributed by atoms with Crippen LogP contribution in [-0.4, -0.2) is 36.3 Å². The second kappa shape index (κ2) is 9.64. The third-order valence-corrected chi connectivity index (χ3v) is 1.88. The number of hydrogen-bond donors (Lipinski definition) is 2. The summed E-state index contributed by atoms with van der Waals surface area (Å²) >= 11 is 0. The van der Waals surface area contributed by atoms with E-state index in [9.17, 15) is 4.79 Å². The molecule has 1 unspecified atom stereocenters. The third-order valence-electron chi connectivity index (χ3n) is 1.88. The average molecular weight is 254 g/mol. The van der Waals surface area contributed by atoms with E-state index in [0.29, 0.717) is 6.61 Å². The summed E-state index contributed by atoms with van der Waals surface area (Å²) in [6.45, 7) is 3.38. The first kappa shape index (κ1) is 16.6. The van der Waals surface area contributed by atoms with E-state index in [0.717, 1.165) is 5.56 Å². The first-order chi connectivity index (χ1) is 8.47. The van der Waals surface area contributed by atoms with Crippen molar-refractivity contribution >= 4 is 13.1 Å². The van der Waals surface area contributed by atoms with Crippen LogP contribution in [-0.2, 0) is 20.9 Å². The standard InChI is InChI=1S/C11H14O3.CH5BO2/c1-9(11(12)13-2)14-8-10-6-4-3-5-7-10;1-2(3)4/h3-7,9H,8H2,1-2H3;3-4H,1H3. The van der Waals surface area contributed by atoms with Crippen molar-refractivity contribution in [3.8, 4) is 0 Å². The maximum absolute atomic E-state index is 11.0. The molecule has 0 amide bonds. The Hall–Kier alpha value is -1.37. The molecule has 0 heterocycles. The van der Waals surface area contributed by atoms with E-state index >= 15 is 0 Å². The molecule has 1 atom stereocenters. The van der Waals surface area contributed by atoms with Crippen molar-refractivity contribution in [2.45, 2.75) is 26.5 Å². The van der Waals surface area contributed by atoms with Crippen LogP contribution in [0.2, 0.25) is 6.82 Å². The summed E-state index contributed by atoms with van der Waals surface area (Å²) in [5.74, 6) is -0.346. The minimum atomic E-state index is -1.17. The molecule has 0 spiro atoms. The highest BCUT2D eigenvalue weighted by molar-refractivity contribution is 6.38. The van der Waals surface area contributed by atoms with Gasteiger partial charge in [-0.05, 0) is 19.3 Å². The zero-order chi connectivity index (χ0) is 14.0. The van der Waals surface area contributed by atoms with Gasteiger partial charge in [0.25, 0.3) is 0 Å². The fraction of sp³-hybridized carbons (Fsp3) is 0.417. The lowest BCUT2D eigenvalue weighted by Gasteiger charge is -2.10. The van der Waals surface area contributed by atoms with Gasteiger partial charge in [0.1, 0.15) is 0 Å². The molecule has 0 aliphatic rings. The number of carbonyl (C=O) groups is 1. The predicted octanol–water partition coefficient (Wildman–Crippen LogP) is 0.854. The monoisotopic (exact) mass is 254 g/mol. The first-order valence-electron chi connectivity index (χ1n) is 5.56. The highest BCUT2D eigenvalue weighted by Crippen LogP contribution is 2.03. The Morgan fingerprint density at radius 3 is 2.28 bits per heavy atom. The molecule has 2 N–H and O–H groups in total. The molecule has 0 aromatic heterocycles. The lowest BCUT2D eigenvalue weighted by atomic mass is 9.99. The van der Waals surface area contributed by atoms with Crippen molar-refractivity contribution in [3.05, 3.63) is 35.9 Å². The maximum atomic E-state index is 11.0. The quantitative estimate of drug-likeness (QED) is 0.615. The van der Waals surface area contributed by atoms with Crippen molar-refractivity contribution in [1.29, 1.82) is 0 Å². The number of benzene rings is 1. The van der Waals surface area contributed by atoms with Gasteiger partial charge in [-0.25, -0.2) is 4.79 Å². The van der Waals surface area contributed by atoms with Gasteiger partial charge >= 0.3 is 13.1 Å². The molecule has 6 heteroatoms. The van der Waals surface area contributed by atoms with Crippen molar-refractivity contribution in [1.82, 2.24) is 0 Å². The number of carbonyl (C=O) groups excluding carboxylic acids is 1. The summed E-state index contributed by atoms with van der Waals surface area (Å²) in [7, 11) is 0.185. The third kappa shape index (κ3) is 8.75. The molecule has 18 heavy (non-hydrogen) atoms. The van der Waals surface area contributed by atoms with E-state index in [2.05, 4.69) is 4.74 Å². The van der Waals surface area contributed by atoms with Gasteiger partial charge in [0.2, 0.25) is 0 Å². The van der Waals surface area contributed by atoms with Gasteiger partial charge in [-0.15, -0.1) is 0 Å². The minimum Gasteiger partial charge on any atom is -0.467 e. The molecule has 0 fully saturated rings. The van der Waals surface area contributed by atoms with E-state index in [1.807, 2.05) is 30.3 Å². The van der Waals surface area contributed by atoms with E-state index in [1.165, 1.54) is 13.9 Å². The highest BCUT2D eigenvalue weighted by atomic mass is 16.6. The van der Waals surface area contributed by atoms with Gasteiger partial charge in [0.15, 0.2) is 6.10 Å². The second-order valence-corrected chi connectivity index (χ2v) is 3.59. The zero-order valence-electron chi connectivity index (χ0n) is 10.9. The fourth-order valence-electron chi connectivity index (χ4n) is 1.03. The highest BCUT2D eigenvalue weighted by Gasteiger charge is 2.12. The molecule has 0 radical (unpaired) electrons. The molecule has 0 saturated carbocycles. The first-order valence-corrected chi connectivity index (χ1v) is 5.56. The number of rotatable bonds is 4. The van der Waals surface area contributed by atoms with Crippen LogP contribution in [0.1, 0.15) is 12.5 Å². The summed E-state index contributed by atoms with van der Waals surface area (Å²) in [4.78, 5) is 11.0. The number of methoxy groups -OCH3 is 1. The van der Waals surface area contributed by atoms with Crippen molar-refractivity contribution in [2.24, 2.45) is 0 Å². The molecule has 5 nitrogen and oxygen atoms in total. The predicted molar refractivity (Wildman–Crippen MR) is 68.8 cm³/mol. The van der Waals surface area contributed by atoms with Gasteiger partial charge < -0.3 is 19.5 Å². The summed E-state index contributed by atoms with van der Waals surface area (Å²) in [6, 6.07) is 9.70. The van der Waals surface area contributed by atoms with E-state index in [-0.39, 0.29) is 5.97 Å².